The van der Waals surface area contributed by atoms with E-state index in [1.54, 1.807) is 30.6 Å². The van der Waals surface area contributed by atoms with Crippen LogP contribution in [-0.2, 0) is 19.6 Å². The Morgan fingerprint density at radius 1 is 1.00 bits per heavy atom. The second kappa shape index (κ2) is 10.0. The molecule has 0 atom stereocenters. The number of hydrogen-bond acceptors (Lipinski definition) is 4. The van der Waals surface area contributed by atoms with Gasteiger partial charge in [0, 0.05) is 25.8 Å². The zero-order valence-corrected chi connectivity index (χ0v) is 17.3. The number of benzene rings is 2. The maximum absolute atomic E-state index is 10.7. The summed E-state index contributed by atoms with van der Waals surface area (Å²) in [5, 5.41) is 14.1. The summed E-state index contributed by atoms with van der Waals surface area (Å²) < 4.78 is 1.98. The van der Waals surface area contributed by atoms with Crippen LogP contribution in [0, 0.1) is 0 Å². The second-order valence-corrected chi connectivity index (χ2v) is 5.61. The van der Waals surface area contributed by atoms with E-state index in [2.05, 4.69) is 22.4 Å². The number of carbonyl (C=O) groups excluding carboxylic acids is 1. The third-order valence-corrected chi connectivity index (χ3v) is 3.72. The molecule has 5 nitrogen and oxygen atoms in total. The first-order valence-corrected chi connectivity index (χ1v) is 7.76. The van der Waals surface area contributed by atoms with Crippen LogP contribution < -0.4 is 61.8 Å². The molecule has 0 aliphatic heterocycles. The van der Waals surface area contributed by atoms with Gasteiger partial charge in [-0.05, 0) is 16.7 Å². The van der Waals surface area contributed by atoms with E-state index in [0.29, 0.717) is 13.1 Å². The summed E-state index contributed by atoms with van der Waals surface area (Å²) in [6.45, 7) is 2.16. The third-order valence-electron chi connectivity index (χ3n) is 3.72. The van der Waals surface area contributed by atoms with Gasteiger partial charge in [0.15, 0.2) is 0 Å². The number of carboxylic acid groups (broad SMARTS) is 1. The van der Waals surface area contributed by atoms with Gasteiger partial charge in [-0.3, -0.25) is 0 Å². The fourth-order valence-corrected chi connectivity index (χ4v) is 2.47. The number of carbonyl (C=O) groups is 1. The molecule has 0 saturated carbocycles. The molecule has 0 bridgehead atoms. The summed E-state index contributed by atoms with van der Waals surface area (Å²) in [5.41, 5.74) is 3.42. The fraction of sp³-hybridized carbons (Fsp3) is 0.158. The molecule has 3 aromatic rings. The molecule has 1 heterocycles. The Bertz CT molecular complexity index is 801. The average Bonchev–Trinajstić information content (AvgIpc) is 3.04. The topological polar surface area (TPSA) is 70.0 Å². The van der Waals surface area contributed by atoms with Crippen LogP contribution >= 0.6 is 0 Å². The predicted octanol–water partition coefficient (Wildman–Crippen LogP) is -1.41. The van der Waals surface area contributed by atoms with Crippen LogP contribution in [0.2, 0.25) is 0 Å². The molecule has 0 saturated heterocycles. The predicted molar refractivity (Wildman–Crippen MR) is 89.1 cm³/mol. The molecule has 1 N–H and O–H groups in total. The Labute approximate surface area is 189 Å². The zero-order valence-electron chi connectivity index (χ0n) is 14.2. The molecule has 0 amide bonds. The van der Waals surface area contributed by atoms with Crippen LogP contribution in [0.15, 0.2) is 67.1 Å². The SMILES string of the molecule is O=C([O-])c1ccc(Cn2cnc(CNCc3ccccc3)c2)cc1.[K+]. The van der Waals surface area contributed by atoms with Crippen LogP contribution in [0.4, 0.5) is 0 Å². The van der Waals surface area contributed by atoms with Crippen LogP contribution in [-0.4, -0.2) is 15.5 Å². The third kappa shape index (κ3) is 6.18. The van der Waals surface area contributed by atoms with Crippen molar-refractivity contribution in [1.29, 1.82) is 0 Å². The van der Waals surface area contributed by atoms with E-state index in [0.717, 1.165) is 17.8 Å². The van der Waals surface area contributed by atoms with Gasteiger partial charge in [-0.1, -0.05) is 54.6 Å². The van der Waals surface area contributed by atoms with Crippen molar-refractivity contribution in [3.63, 3.8) is 0 Å². The van der Waals surface area contributed by atoms with Crippen molar-refractivity contribution in [2.24, 2.45) is 0 Å². The number of nitrogens with zero attached hydrogens (tertiary/aromatic N) is 2. The van der Waals surface area contributed by atoms with Gasteiger partial charge in [0.25, 0.3) is 0 Å². The second-order valence-electron chi connectivity index (χ2n) is 5.61. The molecule has 0 spiro atoms. The molecular formula is C19H18KN3O2. The van der Waals surface area contributed by atoms with E-state index in [-0.39, 0.29) is 56.9 Å². The van der Waals surface area contributed by atoms with E-state index in [9.17, 15) is 9.90 Å². The Morgan fingerprint density at radius 2 is 1.72 bits per heavy atom. The number of rotatable bonds is 7. The van der Waals surface area contributed by atoms with Gasteiger partial charge in [0.2, 0.25) is 0 Å². The Kier molecular flexibility index (Phi) is 8.02. The van der Waals surface area contributed by atoms with Crippen LogP contribution in [0.1, 0.15) is 27.2 Å². The van der Waals surface area contributed by atoms with Gasteiger partial charge in [-0.2, -0.15) is 0 Å². The number of carboxylic acids is 1. The summed E-state index contributed by atoms with van der Waals surface area (Å²) in [6.07, 6.45) is 3.77. The molecule has 0 radical (unpaired) electrons. The van der Waals surface area contributed by atoms with Crippen molar-refractivity contribution in [1.82, 2.24) is 14.9 Å². The average molecular weight is 359 g/mol. The molecule has 0 aliphatic carbocycles. The number of aromatic carboxylic acids is 1. The molecule has 25 heavy (non-hydrogen) atoms. The largest absolute Gasteiger partial charge is 1.00 e. The number of imidazole rings is 1. The first-order chi connectivity index (χ1) is 11.7. The fourth-order valence-electron chi connectivity index (χ4n) is 2.47. The summed E-state index contributed by atoms with van der Waals surface area (Å²) in [5.74, 6) is -1.16. The summed E-state index contributed by atoms with van der Waals surface area (Å²) in [6, 6.07) is 16.9. The minimum atomic E-state index is -1.16. The van der Waals surface area contributed by atoms with Crippen molar-refractivity contribution in [3.05, 3.63) is 89.5 Å². The molecular weight excluding hydrogens is 341 g/mol. The van der Waals surface area contributed by atoms with Crippen molar-refractivity contribution >= 4 is 5.97 Å². The Hall–Kier alpha value is -1.28. The van der Waals surface area contributed by atoms with Crippen molar-refractivity contribution < 1.29 is 61.3 Å². The molecule has 0 fully saturated rings. The van der Waals surface area contributed by atoms with E-state index < -0.39 is 5.97 Å². The van der Waals surface area contributed by atoms with E-state index in [1.165, 1.54) is 5.56 Å². The van der Waals surface area contributed by atoms with Gasteiger partial charge >= 0.3 is 51.4 Å². The molecule has 1 aromatic heterocycles. The number of nitrogens with one attached hydrogen (secondary N) is 1. The van der Waals surface area contributed by atoms with Gasteiger partial charge < -0.3 is 19.8 Å². The van der Waals surface area contributed by atoms with Crippen LogP contribution in [0.3, 0.4) is 0 Å². The first-order valence-electron chi connectivity index (χ1n) is 7.76. The van der Waals surface area contributed by atoms with Gasteiger partial charge in [-0.15, -0.1) is 0 Å². The molecule has 2 aromatic carbocycles. The summed E-state index contributed by atoms with van der Waals surface area (Å²) >= 11 is 0. The maximum Gasteiger partial charge on any atom is 1.00 e. The normalized spacial score (nSPS) is 10.2. The van der Waals surface area contributed by atoms with E-state index in [1.807, 2.05) is 29.0 Å². The standard InChI is InChI=1S/C19H19N3O2.K/c23-19(24)17-8-6-16(7-9-17)12-22-13-18(21-14-22)11-20-10-15-4-2-1-3-5-15;/h1-9,13-14,20H,10-12H2,(H,23,24);/q;+1/p-1. The Morgan fingerprint density at radius 3 is 2.40 bits per heavy atom. The van der Waals surface area contributed by atoms with Gasteiger partial charge in [-0.25, -0.2) is 4.98 Å². The van der Waals surface area contributed by atoms with Crippen molar-refractivity contribution in [2.45, 2.75) is 19.6 Å². The Balaban J connectivity index is 0.00000225. The number of aromatic nitrogens is 2. The van der Waals surface area contributed by atoms with E-state index >= 15 is 0 Å². The van der Waals surface area contributed by atoms with Gasteiger partial charge in [0.1, 0.15) is 0 Å². The smallest absolute Gasteiger partial charge is 0.545 e. The molecule has 6 heteroatoms. The molecule has 0 unspecified atom stereocenters. The monoisotopic (exact) mass is 359 g/mol. The van der Waals surface area contributed by atoms with Gasteiger partial charge in [0.05, 0.1) is 18.0 Å². The van der Waals surface area contributed by atoms with E-state index in [4.69, 9.17) is 0 Å². The van der Waals surface area contributed by atoms with Crippen LogP contribution in [0.25, 0.3) is 0 Å². The molecule has 0 aliphatic rings. The van der Waals surface area contributed by atoms with Crippen molar-refractivity contribution in [3.8, 4) is 0 Å². The summed E-state index contributed by atoms with van der Waals surface area (Å²) in [7, 11) is 0. The minimum Gasteiger partial charge on any atom is -0.545 e. The maximum atomic E-state index is 10.7. The zero-order chi connectivity index (χ0) is 16.8. The quantitative estimate of drug-likeness (QED) is 0.526. The molecule has 3 rings (SSSR count). The van der Waals surface area contributed by atoms with Crippen molar-refractivity contribution in [2.75, 3.05) is 0 Å². The molecule has 122 valence electrons. The number of hydrogen-bond donors (Lipinski definition) is 1. The first kappa shape index (κ1) is 20.0. The van der Waals surface area contributed by atoms with Crippen LogP contribution in [0.5, 0.6) is 0 Å². The minimum absolute atomic E-state index is 0. The summed E-state index contributed by atoms with van der Waals surface area (Å²) in [4.78, 5) is 15.1.